The molecule has 0 bridgehead atoms. The third-order valence-electron chi connectivity index (χ3n) is 3.32. The number of para-hydroxylation sites is 1. The van der Waals surface area contributed by atoms with Crippen LogP contribution in [0, 0.1) is 0 Å². The molecular formula is C19H18ClNO4. The Labute approximate surface area is 151 Å². The second-order valence-electron chi connectivity index (χ2n) is 5.15. The second-order valence-corrected chi connectivity index (χ2v) is 5.56. The number of rotatable bonds is 6. The van der Waals surface area contributed by atoms with Crippen molar-refractivity contribution in [3.8, 4) is 5.75 Å². The summed E-state index contributed by atoms with van der Waals surface area (Å²) in [6, 6.07) is 14.0. The molecule has 6 heteroatoms. The van der Waals surface area contributed by atoms with Gasteiger partial charge in [-0.05, 0) is 42.8 Å². The number of amides is 1. The predicted molar refractivity (Wildman–Crippen MR) is 97.7 cm³/mol. The first-order valence-electron chi connectivity index (χ1n) is 7.57. The maximum absolute atomic E-state index is 12.1. The molecule has 1 unspecified atom stereocenters. The molecule has 0 aliphatic heterocycles. The van der Waals surface area contributed by atoms with Gasteiger partial charge in [0.05, 0.1) is 17.8 Å². The Morgan fingerprint density at radius 1 is 1.12 bits per heavy atom. The van der Waals surface area contributed by atoms with E-state index < -0.39 is 18.0 Å². The van der Waals surface area contributed by atoms with Gasteiger partial charge in [0.1, 0.15) is 5.75 Å². The largest absolute Gasteiger partial charge is 0.497 e. The molecule has 0 heterocycles. The van der Waals surface area contributed by atoms with Crippen LogP contribution in [0.25, 0.3) is 6.08 Å². The molecular weight excluding hydrogens is 342 g/mol. The lowest BCUT2D eigenvalue weighted by Gasteiger charge is -2.13. The van der Waals surface area contributed by atoms with Crippen molar-refractivity contribution in [1.29, 1.82) is 0 Å². The standard InChI is InChI=1S/C19H18ClNO4/c1-13(19(23)21-17-6-4-3-5-16(17)20)25-18(22)12-9-14-7-10-15(24-2)11-8-14/h3-13H,1-2H3,(H,21,23)/b12-9+. The van der Waals surface area contributed by atoms with Gasteiger partial charge in [-0.3, -0.25) is 4.79 Å². The van der Waals surface area contributed by atoms with Crippen molar-refractivity contribution in [1.82, 2.24) is 0 Å². The summed E-state index contributed by atoms with van der Waals surface area (Å²) >= 11 is 5.98. The number of esters is 1. The van der Waals surface area contributed by atoms with Gasteiger partial charge in [-0.1, -0.05) is 35.9 Å². The van der Waals surface area contributed by atoms with Crippen LogP contribution in [0.1, 0.15) is 12.5 Å². The topological polar surface area (TPSA) is 64.6 Å². The lowest BCUT2D eigenvalue weighted by atomic mass is 10.2. The Kier molecular flexibility index (Phi) is 6.60. The van der Waals surface area contributed by atoms with Crippen LogP contribution in [0.5, 0.6) is 5.75 Å². The van der Waals surface area contributed by atoms with Crippen molar-refractivity contribution in [3.63, 3.8) is 0 Å². The van der Waals surface area contributed by atoms with E-state index in [0.29, 0.717) is 10.7 Å². The van der Waals surface area contributed by atoms with Gasteiger partial charge < -0.3 is 14.8 Å². The van der Waals surface area contributed by atoms with Crippen LogP contribution < -0.4 is 10.1 Å². The highest BCUT2D eigenvalue weighted by molar-refractivity contribution is 6.33. The molecule has 1 atom stereocenters. The third kappa shape index (κ3) is 5.65. The molecule has 130 valence electrons. The van der Waals surface area contributed by atoms with E-state index in [-0.39, 0.29) is 0 Å². The van der Waals surface area contributed by atoms with Gasteiger partial charge in [0.2, 0.25) is 0 Å². The zero-order valence-corrected chi connectivity index (χ0v) is 14.6. The maximum Gasteiger partial charge on any atom is 0.331 e. The summed E-state index contributed by atoms with van der Waals surface area (Å²) in [6.07, 6.45) is 1.91. The zero-order chi connectivity index (χ0) is 18.2. The highest BCUT2D eigenvalue weighted by Crippen LogP contribution is 2.20. The van der Waals surface area contributed by atoms with Crippen LogP contribution >= 0.6 is 11.6 Å². The van der Waals surface area contributed by atoms with Gasteiger partial charge in [-0.2, -0.15) is 0 Å². The molecule has 0 radical (unpaired) electrons. The number of benzene rings is 2. The molecule has 2 rings (SSSR count). The monoisotopic (exact) mass is 359 g/mol. The van der Waals surface area contributed by atoms with Crippen LogP contribution in [0.4, 0.5) is 5.69 Å². The predicted octanol–water partition coefficient (Wildman–Crippen LogP) is 3.93. The van der Waals surface area contributed by atoms with Crippen LogP contribution in [-0.4, -0.2) is 25.1 Å². The quantitative estimate of drug-likeness (QED) is 0.627. The van der Waals surface area contributed by atoms with Crippen molar-refractivity contribution < 1.29 is 19.1 Å². The van der Waals surface area contributed by atoms with Gasteiger partial charge in [0.25, 0.3) is 5.91 Å². The Hall–Kier alpha value is -2.79. The minimum absolute atomic E-state index is 0.411. The molecule has 2 aromatic carbocycles. The highest BCUT2D eigenvalue weighted by Gasteiger charge is 2.17. The van der Waals surface area contributed by atoms with Gasteiger partial charge in [-0.25, -0.2) is 4.79 Å². The number of anilines is 1. The smallest absolute Gasteiger partial charge is 0.331 e. The van der Waals surface area contributed by atoms with E-state index >= 15 is 0 Å². The van der Waals surface area contributed by atoms with E-state index in [0.717, 1.165) is 11.3 Å². The minimum Gasteiger partial charge on any atom is -0.497 e. The van der Waals surface area contributed by atoms with Gasteiger partial charge >= 0.3 is 5.97 Å². The van der Waals surface area contributed by atoms with Gasteiger partial charge in [-0.15, -0.1) is 0 Å². The van der Waals surface area contributed by atoms with E-state index in [1.165, 1.54) is 13.0 Å². The third-order valence-corrected chi connectivity index (χ3v) is 3.65. The molecule has 1 amide bonds. The minimum atomic E-state index is -0.954. The summed E-state index contributed by atoms with van der Waals surface area (Å²) in [7, 11) is 1.58. The van der Waals surface area contributed by atoms with Crippen LogP contribution in [-0.2, 0) is 14.3 Å². The number of methoxy groups -OCH3 is 1. The number of carbonyl (C=O) groups excluding carboxylic acids is 2. The summed E-state index contributed by atoms with van der Waals surface area (Å²) in [6.45, 7) is 1.49. The second kappa shape index (κ2) is 8.89. The molecule has 0 fully saturated rings. The van der Waals surface area contributed by atoms with E-state index in [1.807, 2.05) is 0 Å². The molecule has 0 spiro atoms. The zero-order valence-electron chi connectivity index (χ0n) is 13.9. The number of halogens is 1. The average Bonchev–Trinajstić information content (AvgIpc) is 2.62. The van der Waals surface area contributed by atoms with Crippen molar-refractivity contribution >= 4 is 35.2 Å². The Morgan fingerprint density at radius 2 is 1.80 bits per heavy atom. The molecule has 1 N–H and O–H groups in total. The molecule has 0 saturated heterocycles. The number of hydrogen-bond acceptors (Lipinski definition) is 4. The first kappa shape index (κ1) is 18.5. The average molecular weight is 360 g/mol. The van der Waals surface area contributed by atoms with Crippen LogP contribution in [0.15, 0.2) is 54.6 Å². The summed E-state index contributed by atoms with van der Waals surface area (Å²) in [5.41, 5.74) is 1.27. The highest BCUT2D eigenvalue weighted by atomic mass is 35.5. The van der Waals surface area contributed by atoms with E-state index in [4.69, 9.17) is 21.1 Å². The maximum atomic E-state index is 12.1. The van der Waals surface area contributed by atoms with Crippen molar-refractivity contribution in [2.75, 3.05) is 12.4 Å². The Bertz CT molecular complexity index is 771. The SMILES string of the molecule is COc1ccc(/C=C/C(=O)OC(C)C(=O)Nc2ccccc2Cl)cc1. The number of carbonyl (C=O) groups is 2. The van der Waals surface area contributed by atoms with Crippen LogP contribution in [0.3, 0.4) is 0 Å². The van der Waals surface area contributed by atoms with Crippen molar-refractivity contribution in [2.24, 2.45) is 0 Å². The van der Waals surface area contributed by atoms with E-state index in [2.05, 4.69) is 5.32 Å². The Morgan fingerprint density at radius 3 is 2.44 bits per heavy atom. The fraction of sp³-hybridized carbons (Fsp3) is 0.158. The summed E-state index contributed by atoms with van der Waals surface area (Å²) in [5, 5.41) is 3.03. The molecule has 2 aromatic rings. The fourth-order valence-electron chi connectivity index (χ4n) is 1.94. The lowest BCUT2D eigenvalue weighted by molar-refractivity contribution is -0.148. The normalized spacial score (nSPS) is 11.8. The summed E-state index contributed by atoms with van der Waals surface area (Å²) in [5.74, 6) is -0.346. The summed E-state index contributed by atoms with van der Waals surface area (Å²) < 4.78 is 10.1. The summed E-state index contributed by atoms with van der Waals surface area (Å²) in [4.78, 5) is 23.9. The van der Waals surface area contributed by atoms with Crippen LogP contribution in [0.2, 0.25) is 5.02 Å². The van der Waals surface area contributed by atoms with Crippen molar-refractivity contribution in [3.05, 3.63) is 65.2 Å². The molecule has 0 saturated carbocycles. The van der Waals surface area contributed by atoms with E-state index in [9.17, 15) is 9.59 Å². The first-order valence-corrected chi connectivity index (χ1v) is 7.95. The molecule has 0 aliphatic carbocycles. The number of hydrogen-bond donors (Lipinski definition) is 1. The number of ether oxygens (including phenoxy) is 2. The molecule has 25 heavy (non-hydrogen) atoms. The fourth-order valence-corrected chi connectivity index (χ4v) is 2.13. The van der Waals surface area contributed by atoms with Crippen molar-refractivity contribution in [2.45, 2.75) is 13.0 Å². The first-order chi connectivity index (χ1) is 12.0. The Balaban J connectivity index is 1.89. The van der Waals surface area contributed by atoms with Gasteiger partial charge in [0, 0.05) is 6.08 Å². The van der Waals surface area contributed by atoms with E-state index in [1.54, 1.807) is 61.7 Å². The van der Waals surface area contributed by atoms with Gasteiger partial charge in [0.15, 0.2) is 6.10 Å². The number of nitrogens with one attached hydrogen (secondary N) is 1. The molecule has 0 aliphatic rings. The molecule has 5 nitrogen and oxygen atoms in total. The molecule has 0 aromatic heterocycles. The lowest BCUT2D eigenvalue weighted by Crippen LogP contribution is -2.29.